The standard InChI is InChI=1S/C7H13NO.2C2H6.2H3O3PS/c1-7(9)8-5-3-2-4-6-8;2*1-2;2*1-4(2,3)5/h2-6H2,1H3;2*1-2H3;2*(H3,1,2,3,5). The lowest BCUT2D eigenvalue weighted by atomic mass is 10.1. The van der Waals surface area contributed by atoms with Crippen LogP contribution in [0.25, 0.3) is 0 Å². The van der Waals surface area contributed by atoms with Gasteiger partial charge < -0.3 is 34.3 Å². The summed E-state index contributed by atoms with van der Waals surface area (Å²) in [7, 11) is 0. The highest BCUT2D eigenvalue weighted by atomic mass is 32.5. The smallest absolute Gasteiger partial charge is 0.319 e. The van der Waals surface area contributed by atoms with Crippen molar-refractivity contribution in [1.29, 1.82) is 0 Å². The second-order valence-corrected chi connectivity index (χ2v) is 8.59. The third-order valence-electron chi connectivity index (χ3n) is 1.80. The van der Waals surface area contributed by atoms with E-state index in [9.17, 15) is 4.79 Å². The Morgan fingerprint density at radius 2 is 1.00 bits per heavy atom. The summed E-state index contributed by atoms with van der Waals surface area (Å²) in [5.41, 5.74) is 0. The van der Waals surface area contributed by atoms with Crippen LogP contribution in [0.15, 0.2) is 0 Å². The van der Waals surface area contributed by atoms with E-state index in [0.29, 0.717) is 0 Å². The summed E-state index contributed by atoms with van der Waals surface area (Å²) < 4.78 is 0. The zero-order valence-corrected chi connectivity index (χ0v) is 17.7. The maximum absolute atomic E-state index is 10.7. The zero-order valence-electron chi connectivity index (χ0n) is 14.3. The molecule has 8 nitrogen and oxygen atoms in total. The molecular weight excluding hydrogens is 384 g/mol. The lowest BCUT2D eigenvalue weighted by Crippen LogP contribution is -2.33. The quantitative estimate of drug-likeness (QED) is 0.324. The predicted molar refractivity (Wildman–Crippen MR) is 101 cm³/mol. The Labute approximate surface area is 149 Å². The van der Waals surface area contributed by atoms with Gasteiger partial charge in [0.05, 0.1) is 0 Å². The Bertz CT molecular complexity index is 318. The first-order valence-electron chi connectivity index (χ1n) is 7.13. The molecule has 1 amide bonds. The van der Waals surface area contributed by atoms with E-state index < -0.39 is 13.4 Å². The number of rotatable bonds is 0. The molecule has 0 saturated carbocycles. The first-order valence-corrected chi connectivity index (χ1v) is 12.4. The van der Waals surface area contributed by atoms with Crippen LogP contribution in [0.2, 0.25) is 0 Å². The fourth-order valence-corrected chi connectivity index (χ4v) is 1.21. The lowest BCUT2D eigenvalue weighted by molar-refractivity contribution is -0.129. The zero-order chi connectivity index (χ0) is 19.7. The van der Waals surface area contributed by atoms with E-state index in [4.69, 9.17) is 29.4 Å². The van der Waals surface area contributed by atoms with Crippen molar-refractivity contribution in [2.24, 2.45) is 0 Å². The van der Waals surface area contributed by atoms with Gasteiger partial charge in [0.1, 0.15) is 0 Å². The molecule has 1 aliphatic heterocycles. The van der Waals surface area contributed by atoms with E-state index in [0.717, 1.165) is 13.1 Å². The van der Waals surface area contributed by atoms with Crippen molar-refractivity contribution in [3.63, 3.8) is 0 Å². The molecule has 0 aliphatic carbocycles. The first-order chi connectivity index (χ1) is 10.3. The third kappa shape index (κ3) is 60.5. The van der Waals surface area contributed by atoms with Gasteiger partial charge in [-0.3, -0.25) is 4.79 Å². The fourth-order valence-electron chi connectivity index (χ4n) is 1.21. The summed E-state index contributed by atoms with van der Waals surface area (Å²) in [6.45, 7) is 4.00. The maximum Gasteiger partial charge on any atom is 0.319 e. The van der Waals surface area contributed by atoms with Crippen LogP contribution in [0.4, 0.5) is 0 Å². The molecule has 23 heavy (non-hydrogen) atoms. The highest BCUT2D eigenvalue weighted by Gasteiger charge is 2.10. The molecule has 1 aliphatic rings. The molecule has 0 atom stereocenters. The average molecular weight is 415 g/mol. The average Bonchev–Trinajstić information content (AvgIpc) is 2.40. The number of hydrogen-bond acceptors (Lipinski definition) is 3. The fraction of sp³-hybridized carbons (Fsp3) is 0.909. The molecule has 0 unspecified atom stereocenters. The minimum atomic E-state index is -3.81. The molecule has 0 bridgehead atoms. The van der Waals surface area contributed by atoms with Crippen molar-refractivity contribution in [3.05, 3.63) is 0 Å². The second-order valence-electron chi connectivity index (χ2n) is 3.59. The van der Waals surface area contributed by atoms with E-state index in [-0.39, 0.29) is 5.91 Å². The molecule has 0 aromatic carbocycles. The van der Waals surface area contributed by atoms with Crippen LogP contribution in [-0.2, 0) is 28.4 Å². The summed E-state index contributed by atoms with van der Waals surface area (Å²) in [6.07, 6.45) is 3.68. The van der Waals surface area contributed by atoms with Crippen molar-refractivity contribution >= 4 is 43.0 Å². The van der Waals surface area contributed by atoms with Crippen LogP contribution in [0.5, 0.6) is 0 Å². The molecule has 1 fully saturated rings. The number of hydrogen-bond donors (Lipinski definition) is 6. The Kier molecular flexibility index (Phi) is 25.7. The minimum absolute atomic E-state index is 0.231. The normalized spacial score (nSPS) is 13.4. The number of carbonyl (C=O) groups is 1. The molecular formula is C11H31NO7P2S2. The van der Waals surface area contributed by atoms with Gasteiger partial charge in [-0.05, 0) is 42.9 Å². The van der Waals surface area contributed by atoms with Crippen LogP contribution in [-0.4, -0.2) is 53.3 Å². The van der Waals surface area contributed by atoms with E-state index in [1.54, 1.807) is 6.92 Å². The van der Waals surface area contributed by atoms with Crippen molar-refractivity contribution in [2.75, 3.05) is 13.1 Å². The molecule has 144 valence electrons. The summed E-state index contributed by atoms with van der Waals surface area (Å²) in [6, 6.07) is 0. The Hall–Kier alpha value is 0.530. The molecule has 0 aromatic rings. The van der Waals surface area contributed by atoms with Crippen LogP contribution < -0.4 is 0 Å². The molecule has 1 saturated heterocycles. The summed E-state index contributed by atoms with van der Waals surface area (Å²) >= 11 is 7.21. The Balaban J connectivity index is -0.000000112. The van der Waals surface area contributed by atoms with Gasteiger partial charge in [0.2, 0.25) is 5.91 Å². The van der Waals surface area contributed by atoms with Crippen LogP contribution in [0, 0.1) is 0 Å². The molecule has 1 heterocycles. The topological polar surface area (TPSA) is 142 Å². The number of likely N-dealkylation sites (tertiary alicyclic amines) is 1. The second kappa shape index (κ2) is 18.9. The van der Waals surface area contributed by atoms with Crippen molar-refractivity contribution in [2.45, 2.75) is 53.9 Å². The number of amides is 1. The van der Waals surface area contributed by atoms with Gasteiger partial charge in [0.15, 0.2) is 0 Å². The van der Waals surface area contributed by atoms with Gasteiger partial charge in [-0.2, -0.15) is 0 Å². The van der Waals surface area contributed by atoms with Gasteiger partial charge in [-0.1, -0.05) is 27.7 Å². The number of nitrogens with zero attached hydrogens (tertiary/aromatic N) is 1. The van der Waals surface area contributed by atoms with Gasteiger partial charge in [-0.25, -0.2) is 0 Å². The Morgan fingerprint density at radius 3 is 1.13 bits per heavy atom. The SMILES string of the molecule is CC.CC.CC(=O)N1CCCCC1.OP(O)(O)=S.OP(O)(O)=S. The van der Waals surface area contributed by atoms with E-state index in [1.165, 1.54) is 19.3 Å². The molecule has 12 heteroatoms. The van der Waals surface area contributed by atoms with Crippen LogP contribution in [0.1, 0.15) is 53.9 Å². The molecule has 1 rings (SSSR count). The molecule has 0 radical (unpaired) electrons. The van der Waals surface area contributed by atoms with E-state index in [2.05, 4.69) is 23.6 Å². The third-order valence-corrected chi connectivity index (χ3v) is 1.80. The minimum Gasteiger partial charge on any atom is -0.343 e. The highest BCUT2D eigenvalue weighted by molar-refractivity contribution is 8.06. The summed E-state index contributed by atoms with van der Waals surface area (Å²) in [5, 5.41) is 0. The van der Waals surface area contributed by atoms with Gasteiger partial charge >= 0.3 is 13.4 Å². The van der Waals surface area contributed by atoms with Crippen molar-refractivity contribution in [3.8, 4) is 0 Å². The van der Waals surface area contributed by atoms with Gasteiger partial charge in [0, 0.05) is 20.0 Å². The predicted octanol–water partition coefficient (Wildman–Crippen LogP) is 1.45. The molecule has 6 N–H and O–H groups in total. The lowest BCUT2D eigenvalue weighted by Gasteiger charge is -2.24. The van der Waals surface area contributed by atoms with E-state index in [1.807, 2.05) is 32.6 Å². The van der Waals surface area contributed by atoms with Crippen molar-refractivity contribution < 1.29 is 34.2 Å². The number of carbonyl (C=O) groups excluding carboxylic acids is 1. The van der Waals surface area contributed by atoms with Gasteiger partial charge in [-0.15, -0.1) is 0 Å². The number of piperidine rings is 1. The van der Waals surface area contributed by atoms with E-state index >= 15 is 0 Å². The Morgan fingerprint density at radius 1 is 0.783 bits per heavy atom. The summed E-state index contributed by atoms with van der Waals surface area (Å²) in [4.78, 5) is 58.0. The van der Waals surface area contributed by atoms with Crippen LogP contribution >= 0.6 is 13.4 Å². The molecule has 0 spiro atoms. The summed E-state index contributed by atoms with van der Waals surface area (Å²) in [5.74, 6) is 0.231. The maximum atomic E-state index is 10.7. The molecule has 0 aromatic heterocycles. The first kappa shape index (κ1) is 31.3. The highest BCUT2D eigenvalue weighted by Crippen LogP contribution is 2.26. The van der Waals surface area contributed by atoms with Crippen LogP contribution in [0.3, 0.4) is 0 Å². The van der Waals surface area contributed by atoms with Gasteiger partial charge in [0.25, 0.3) is 0 Å². The largest absolute Gasteiger partial charge is 0.343 e. The van der Waals surface area contributed by atoms with Crippen molar-refractivity contribution in [1.82, 2.24) is 4.90 Å². The monoisotopic (exact) mass is 415 g/mol.